The fourth-order valence-corrected chi connectivity index (χ4v) is 5.15. The second-order valence-electron chi connectivity index (χ2n) is 7.36. The lowest BCUT2D eigenvalue weighted by Crippen LogP contribution is -2.47. The molecule has 1 aromatic rings. The summed E-state index contributed by atoms with van der Waals surface area (Å²) >= 11 is 0. The van der Waals surface area contributed by atoms with Gasteiger partial charge in [-0.05, 0) is 51.2 Å². The fourth-order valence-electron chi connectivity index (χ4n) is 3.63. The average Bonchev–Trinajstić information content (AvgIpc) is 3.04. The van der Waals surface area contributed by atoms with E-state index in [0.29, 0.717) is 18.8 Å². The monoisotopic (exact) mass is 395 g/mol. The molecule has 27 heavy (non-hydrogen) atoms. The minimum Gasteiger partial charge on any atom is -0.481 e. The summed E-state index contributed by atoms with van der Waals surface area (Å²) in [4.78, 5) is 26.8. The van der Waals surface area contributed by atoms with E-state index in [0.717, 1.165) is 12.8 Å². The summed E-state index contributed by atoms with van der Waals surface area (Å²) in [5.41, 5.74) is 0.521. The van der Waals surface area contributed by atoms with Crippen molar-refractivity contribution in [1.82, 2.24) is 9.21 Å². The van der Waals surface area contributed by atoms with Crippen molar-refractivity contribution in [3.63, 3.8) is 0 Å². The van der Waals surface area contributed by atoms with Gasteiger partial charge in [0, 0.05) is 37.8 Å². The van der Waals surface area contributed by atoms with Crippen LogP contribution in [0.3, 0.4) is 0 Å². The Kier molecular flexibility index (Phi) is 5.55. The maximum absolute atomic E-state index is 12.9. The molecule has 0 saturated carbocycles. The third kappa shape index (κ3) is 3.99. The lowest BCUT2D eigenvalue weighted by molar-refractivity contribution is -0.141. The van der Waals surface area contributed by atoms with Crippen LogP contribution in [0.25, 0.3) is 0 Å². The van der Waals surface area contributed by atoms with Crippen LogP contribution in [0, 0.1) is 5.92 Å². The molecule has 0 bridgehead atoms. The van der Waals surface area contributed by atoms with Crippen LogP contribution < -0.4 is 4.90 Å². The smallest absolute Gasteiger partial charge is 0.308 e. The normalized spacial score (nSPS) is 24.6. The number of carbonyl (C=O) groups excluding carboxylic acids is 1. The van der Waals surface area contributed by atoms with Gasteiger partial charge in [0.2, 0.25) is 15.9 Å². The maximum atomic E-state index is 12.9. The predicted octanol–water partition coefficient (Wildman–Crippen LogP) is 0.839. The van der Waals surface area contributed by atoms with E-state index >= 15 is 0 Å². The van der Waals surface area contributed by atoms with E-state index in [1.54, 1.807) is 12.1 Å². The summed E-state index contributed by atoms with van der Waals surface area (Å²) in [6, 6.07) is 6.32. The largest absolute Gasteiger partial charge is 0.481 e. The second kappa shape index (κ2) is 7.57. The zero-order chi connectivity index (χ0) is 19.8. The van der Waals surface area contributed by atoms with Gasteiger partial charge in [-0.15, -0.1) is 0 Å². The van der Waals surface area contributed by atoms with Crippen molar-refractivity contribution in [3.05, 3.63) is 24.3 Å². The number of hydrogen-bond donors (Lipinski definition) is 1. The number of likely N-dealkylation sites (N-methyl/N-ethyl adjacent to an activating group) is 1. The Morgan fingerprint density at radius 3 is 2.41 bits per heavy atom. The van der Waals surface area contributed by atoms with Crippen molar-refractivity contribution in [2.75, 3.05) is 38.6 Å². The number of carbonyl (C=O) groups is 2. The van der Waals surface area contributed by atoms with Gasteiger partial charge in [0.15, 0.2) is 0 Å². The molecule has 2 atom stereocenters. The Bertz CT molecular complexity index is 822. The highest BCUT2D eigenvalue weighted by atomic mass is 32.2. The summed E-state index contributed by atoms with van der Waals surface area (Å²) in [6.45, 7) is 1.07. The number of sulfonamides is 1. The van der Waals surface area contributed by atoms with Gasteiger partial charge >= 0.3 is 5.97 Å². The summed E-state index contributed by atoms with van der Waals surface area (Å²) in [7, 11) is 0.305. The summed E-state index contributed by atoms with van der Waals surface area (Å²) in [5.74, 6) is -1.98. The molecule has 0 spiro atoms. The number of rotatable bonds is 5. The van der Waals surface area contributed by atoms with Gasteiger partial charge in [0.1, 0.15) is 0 Å². The highest BCUT2D eigenvalue weighted by Crippen LogP contribution is 2.28. The van der Waals surface area contributed by atoms with Crippen LogP contribution in [0.15, 0.2) is 29.2 Å². The van der Waals surface area contributed by atoms with Crippen LogP contribution in [0.4, 0.5) is 5.69 Å². The lowest BCUT2D eigenvalue weighted by Gasteiger charge is -2.35. The highest BCUT2D eigenvalue weighted by Gasteiger charge is 2.35. The first kappa shape index (κ1) is 19.8. The van der Waals surface area contributed by atoms with Crippen LogP contribution >= 0.6 is 0 Å². The molecule has 1 N–H and O–H groups in total. The van der Waals surface area contributed by atoms with E-state index in [-0.39, 0.29) is 29.8 Å². The van der Waals surface area contributed by atoms with Crippen molar-refractivity contribution < 1.29 is 23.1 Å². The van der Waals surface area contributed by atoms with Gasteiger partial charge in [0.05, 0.1) is 10.8 Å². The molecule has 2 heterocycles. The quantitative estimate of drug-likeness (QED) is 0.793. The van der Waals surface area contributed by atoms with Crippen LogP contribution in [0.1, 0.15) is 19.3 Å². The molecule has 3 rings (SSSR count). The lowest BCUT2D eigenvalue weighted by atomic mass is 10.1. The van der Waals surface area contributed by atoms with Crippen LogP contribution in [0.2, 0.25) is 0 Å². The predicted molar refractivity (Wildman–Crippen MR) is 100 cm³/mol. The fraction of sp³-hybridized carbons (Fsp3) is 0.556. The first-order valence-electron chi connectivity index (χ1n) is 9.00. The van der Waals surface area contributed by atoms with E-state index in [2.05, 4.69) is 0 Å². The average molecular weight is 395 g/mol. The molecular formula is C18H25N3O5S. The molecular weight excluding hydrogens is 370 g/mol. The van der Waals surface area contributed by atoms with E-state index in [1.807, 2.05) is 19.0 Å². The molecule has 1 amide bonds. The Labute approximate surface area is 159 Å². The van der Waals surface area contributed by atoms with Crippen LogP contribution in [0.5, 0.6) is 0 Å². The Balaban J connectivity index is 1.76. The Morgan fingerprint density at radius 1 is 1.19 bits per heavy atom. The molecule has 8 nitrogen and oxygen atoms in total. The number of benzene rings is 1. The van der Waals surface area contributed by atoms with Crippen molar-refractivity contribution in [3.8, 4) is 0 Å². The highest BCUT2D eigenvalue weighted by molar-refractivity contribution is 7.89. The zero-order valence-corrected chi connectivity index (χ0v) is 16.4. The van der Waals surface area contributed by atoms with Crippen molar-refractivity contribution in [1.29, 1.82) is 0 Å². The molecule has 2 saturated heterocycles. The number of amides is 1. The van der Waals surface area contributed by atoms with E-state index in [9.17, 15) is 18.0 Å². The summed E-state index contributed by atoms with van der Waals surface area (Å²) in [5, 5.41) is 9.08. The van der Waals surface area contributed by atoms with Crippen LogP contribution in [-0.4, -0.2) is 74.4 Å². The first-order valence-corrected chi connectivity index (χ1v) is 10.4. The van der Waals surface area contributed by atoms with Gasteiger partial charge in [-0.25, -0.2) is 8.42 Å². The molecule has 2 unspecified atom stereocenters. The minimum absolute atomic E-state index is 0.0327. The topological polar surface area (TPSA) is 98.2 Å². The number of piperidine rings is 1. The summed E-state index contributed by atoms with van der Waals surface area (Å²) in [6.07, 6.45) is 1.76. The number of hydrogen-bond acceptors (Lipinski definition) is 5. The molecule has 2 fully saturated rings. The van der Waals surface area contributed by atoms with Crippen molar-refractivity contribution in [2.45, 2.75) is 30.2 Å². The molecule has 0 aromatic heterocycles. The van der Waals surface area contributed by atoms with E-state index in [4.69, 9.17) is 5.11 Å². The van der Waals surface area contributed by atoms with Crippen molar-refractivity contribution >= 4 is 27.6 Å². The molecule has 1 aromatic carbocycles. The second-order valence-corrected chi connectivity index (χ2v) is 9.30. The molecule has 0 aliphatic carbocycles. The van der Waals surface area contributed by atoms with Gasteiger partial charge in [0.25, 0.3) is 0 Å². The Morgan fingerprint density at radius 2 is 1.85 bits per heavy atom. The first-order chi connectivity index (χ1) is 12.7. The number of nitrogens with zero attached hydrogens (tertiary/aromatic N) is 3. The third-order valence-electron chi connectivity index (χ3n) is 5.35. The number of carboxylic acid groups (broad SMARTS) is 1. The summed E-state index contributed by atoms with van der Waals surface area (Å²) < 4.78 is 27.4. The zero-order valence-electron chi connectivity index (χ0n) is 15.5. The SMILES string of the molecule is CN(C)C1CCCN(S(=O)(=O)c2ccc(N3CC(C(=O)O)CC3=O)cc2)C1. The Hall–Kier alpha value is -1.97. The molecule has 0 radical (unpaired) electrons. The molecule has 2 aliphatic rings. The minimum atomic E-state index is -3.60. The van der Waals surface area contributed by atoms with Gasteiger partial charge in [-0.2, -0.15) is 4.31 Å². The molecule has 9 heteroatoms. The van der Waals surface area contributed by atoms with E-state index in [1.165, 1.54) is 21.3 Å². The number of aliphatic carboxylic acids is 1. The maximum Gasteiger partial charge on any atom is 0.308 e. The third-order valence-corrected chi connectivity index (χ3v) is 7.23. The van der Waals surface area contributed by atoms with Gasteiger partial charge in [-0.1, -0.05) is 0 Å². The van der Waals surface area contributed by atoms with Gasteiger partial charge in [-0.3, -0.25) is 9.59 Å². The standard InChI is InChI=1S/C18H25N3O5S/c1-19(2)15-4-3-9-20(12-15)27(25,26)16-7-5-14(6-8-16)21-11-13(18(23)24)10-17(21)22/h5-8,13,15H,3-4,9-12H2,1-2H3,(H,23,24). The molecule has 2 aliphatic heterocycles. The van der Waals surface area contributed by atoms with Crippen LogP contribution in [-0.2, 0) is 19.6 Å². The molecule has 148 valence electrons. The van der Waals surface area contributed by atoms with E-state index < -0.39 is 21.9 Å². The van der Waals surface area contributed by atoms with Crippen molar-refractivity contribution in [2.24, 2.45) is 5.92 Å². The number of anilines is 1. The number of carboxylic acids is 1. The van der Waals surface area contributed by atoms with Gasteiger partial charge < -0.3 is 14.9 Å².